The summed E-state index contributed by atoms with van der Waals surface area (Å²) >= 11 is 0. The molecule has 1 N–H and O–H groups in total. The Morgan fingerprint density at radius 2 is 1.86 bits per heavy atom. The Labute approximate surface area is 86.9 Å². The monoisotopic (exact) mass is 209 g/mol. The van der Waals surface area contributed by atoms with Gasteiger partial charge >= 0.3 is 0 Å². The lowest BCUT2D eigenvalue weighted by molar-refractivity contribution is -0.117. The number of anilines is 1. The number of hydrogen-bond acceptors (Lipinski definition) is 1. The van der Waals surface area contributed by atoms with Gasteiger partial charge in [-0.1, -0.05) is 18.2 Å². The predicted molar refractivity (Wildman–Crippen MR) is 63.4 cm³/mol. The molecule has 1 aromatic rings. The van der Waals surface area contributed by atoms with Gasteiger partial charge in [0.25, 0.3) is 0 Å². The molecule has 0 aromatic heterocycles. The van der Waals surface area contributed by atoms with E-state index in [9.17, 15) is 4.79 Å². The molecule has 0 radical (unpaired) electrons. The van der Waals surface area contributed by atoms with Crippen LogP contribution < -0.4 is 5.32 Å². The van der Waals surface area contributed by atoms with Gasteiger partial charge in [0.1, 0.15) is 0 Å². The average Bonchev–Trinajstić information content (AvgIpc) is 2.19. The summed E-state index contributed by atoms with van der Waals surface area (Å²) in [6.07, 6.45) is 0. The highest BCUT2D eigenvalue weighted by atomic mass is 31.1. The molecular formula is C11H16NOP. The number of nitrogens with one attached hydrogen (secondary N) is 1. The molecule has 0 heterocycles. The Morgan fingerprint density at radius 3 is 2.36 bits per heavy atom. The third-order valence-electron chi connectivity index (χ3n) is 2.22. The Morgan fingerprint density at radius 1 is 1.29 bits per heavy atom. The first-order valence-electron chi connectivity index (χ1n) is 4.61. The second kappa shape index (κ2) is 4.56. The Hall–Kier alpha value is -0.880. The van der Waals surface area contributed by atoms with Gasteiger partial charge in [-0.05, 0) is 32.6 Å². The zero-order valence-electron chi connectivity index (χ0n) is 8.79. The Kier molecular flexibility index (Phi) is 3.65. The van der Waals surface area contributed by atoms with Crippen molar-refractivity contribution in [2.45, 2.75) is 19.0 Å². The van der Waals surface area contributed by atoms with Crippen LogP contribution >= 0.6 is 8.58 Å². The van der Waals surface area contributed by atoms with Crippen LogP contribution in [-0.2, 0) is 4.79 Å². The van der Waals surface area contributed by atoms with E-state index in [2.05, 4.69) is 5.32 Å². The number of carbonyl (C=O) groups is 1. The molecule has 0 aliphatic rings. The molecule has 76 valence electrons. The molecular weight excluding hydrogens is 193 g/mol. The molecule has 0 spiro atoms. The molecule has 0 bridgehead atoms. The first kappa shape index (κ1) is 11.2. The van der Waals surface area contributed by atoms with Crippen LogP contribution in [0, 0.1) is 0 Å². The van der Waals surface area contributed by atoms with E-state index in [4.69, 9.17) is 0 Å². The van der Waals surface area contributed by atoms with Crippen LogP contribution in [0.1, 0.15) is 13.8 Å². The maximum Gasteiger partial charge on any atom is 0.234 e. The molecule has 2 nitrogen and oxygen atoms in total. The van der Waals surface area contributed by atoms with Crippen LogP contribution in [0.2, 0.25) is 0 Å². The van der Waals surface area contributed by atoms with Gasteiger partial charge < -0.3 is 5.32 Å². The molecule has 3 heteroatoms. The molecule has 0 saturated carbocycles. The minimum atomic E-state index is -0.268. The summed E-state index contributed by atoms with van der Waals surface area (Å²) < 4.78 is 0. The van der Waals surface area contributed by atoms with Crippen molar-refractivity contribution in [1.29, 1.82) is 0 Å². The fourth-order valence-corrected chi connectivity index (χ4v) is 1.21. The molecule has 0 fully saturated rings. The minimum absolute atomic E-state index is 0.0875. The molecule has 1 amide bonds. The van der Waals surface area contributed by atoms with Crippen molar-refractivity contribution in [2.75, 3.05) is 12.0 Å². The van der Waals surface area contributed by atoms with E-state index in [1.54, 1.807) is 0 Å². The van der Waals surface area contributed by atoms with Crippen molar-refractivity contribution < 1.29 is 4.79 Å². The third-order valence-corrected chi connectivity index (χ3v) is 3.70. The van der Waals surface area contributed by atoms with Crippen LogP contribution in [0.5, 0.6) is 0 Å². The number of benzene rings is 1. The largest absolute Gasteiger partial charge is 0.325 e. The quantitative estimate of drug-likeness (QED) is 0.762. The Bertz CT molecular complexity index is 308. The number of rotatable bonds is 3. The molecule has 0 aliphatic heterocycles. The van der Waals surface area contributed by atoms with Gasteiger partial charge in [0.05, 0.1) is 5.16 Å². The van der Waals surface area contributed by atoms with E-state index in [1.807, 2.05) is 50.8 Å². The number of amides is 1. The standard InChI is InChI=1S/C11H16NOP/c1-11(2,14-3)10(13)12-9-7-5-4-6-8-9/h4-8,14H,1-3H3,(H,12,13). The van der Waals surface area contributed by atoms with E-state index in [1.165, 1.54) is 0 Å². The first-order valence-corrected chi connectivity index (χ1v) is 6.11. The summed E-state index contributed by atoms with van der Waals surface area (Å²) in [7, 11) is 0.604. The van der Waals surface area contributed by atoms with Crippen molar-refractivity contribution in [2.24, 2.45) is 0 Å². The van der Waals surface area contributed by atoms with Crippen molar-refractivity contribution in [3.05, 3.63) is 30.3 Å². The van der Waals surface area contributed by atoms with Gasteiger partial charge in [0.2, 0.25) is 5.91 Å². The highest BCUT2D eigenvalue weighted by Gasteiger charge is 2.24. The number of para-hydroxylation sites is 1. The molecule has 0 aliphatic carbocycles. The molecule has 1 rings (SSSR count). The number of carbonyl (C=O) groups excluding carboxylic acids is 1. The third kappa shape index (κ3) is 2.81. The van der Waals surface area contributed by atoms with E-state index >= 15 is 0 Å². The topological polar surface area (TPSA) is 29.1 Å². The SMILES string of the molecule is CPC(C)(C)C(=O)Nc1ccccc1. The summed E-state index contributed by atoms with van der Waals surface area (Å²) in [6, 6.07) is 9.55. The lowest BCUT2D eigenvalue weighted by atomic mass is 10.2. The van der Waals surface area contributed by atoms with Gasteiger partial charge in [-0.2, -0.15) is 0 Å². The van der Waals surface area contributed by atoms with Crippen molar-refractivity contribution in [1.82, 2.24) is 0 Å². The van der Waals surface area contributed by atoms with Crippen LogP contribution in [-0.4, -0.2) is 17.7 Å². The second-order valence-corrected chi connectivity index (χ2v) is 5.45. The molecule has 1 aromatic carbocycles. The maximum absolute atomic E-state index is 11.8. The van der Waals surface area contributed by atoms with Crippen LogP contribution in [0.4, 0.5) is 5.69 Å². The summed E-state index contributed by atoms with van der Waals surface area (Å²) in [5.74, 6) is 0.0875. The van der Waals surface area contributed by atoms with Crippen LogP contribution in [0.3, 0.4) is 0 Å². The van der Waals surface area contributed by atoms with E-state index in [-0.39, 0.29) is 11.1 Å². The zero-order valence-corrected chi connectivity index (χ0v) is 9.79. The lowest BCUT2D eigenvalue weighted by Crippen LogP contribution is -2.32. The summed E-state index contributed by atoms with van der Waals surface area (Å²) in [5.41, 5.74) is 0.865. The van der Waals surface area contributed by atoms with E-state index < -0.39 is 0 Å². The van der Waals surface area contributed by atoms with Gasteiger partial charge in [0, 0.05) is 5.69 Å². The fraction of sp³-hybridized carbons (Fsp3) is 0.364. The summed E-state index contributed by atoms with van der Waals surface area (Å²) in [5, 5.41) is 2.63. The molecule has 1 unspecified atom stereocenters. The van der Waals surface area contributed by atoms with E-state index in [0.717, 1.165) is 5.69 Å². The van der Waals surface area contributed by atoms with Gasteiger partial charge in [-0.25, -0.2) is 0 Å². The minimum Gasteiger partial charge on any atom is -0.325 e. The van der Waals surface area contributed by atoms with E-state index in [0.29, 0.717) is 8.58 Å². The molecule has 0 saturated heterocycles. The normalized spacial score (nSPS) is 11.9. The maximum atomic E-state index is 11.8. The van der Waals surface area contributed by atoms with Crippen molar-refractivity contribution in [3.8, 4) is 0 Å². The Balaban J connectivity index is 2.67. The fourth-order valence-electron chi connectivity index (χ4n) is 0.922. The smallest absolute Gasteiger partial charge is 0.234 e. The average molecular weight is 209 g/mol. The van der Waals surface area contributed by atoms with Gasteiger partial charge in [-0.15, -0.1) is 8.58 Å². The summed E-state index contributed by atoms with van der Waals surface area (Å²) in [4.78, 5) is 11.8. The first-order chi connectivity index (χ1) is 6.56. The van der Waals surface area contributed by atoms with Crippen LogP contribution in [0.25, 0.3) is 0 Å². The van der Waals surface area contributed by atoms with Gasteiger partial charge in [-0.3, -0.25) is 4.79 Å². The lowest BCUT2D eigenvalue weighted by Gasteiger charge is -2.21. The second-order valence-electron chi connectivity index (χ2n) is 3.70. The van der Waals surface area contributed by atoms with Crippen LogP contribution in [0.15, 0.2) is 30.3 Å². The van der Waals surface area contributed by atoms with Crippen molar-refractivity contribution in [3.63, 3.8) is 0 Å². The predicted octanol–water partition coefficient (Wildman–Crippen LogP) is 2.71. The molecule has 1 atom stereocenters. The molecule has 14 heavy (non-hydrogen) atoms. The highest BCUT2D eigenvalue weighted by Crippen LogP contribution is 2.28. The highest BCUT2D eigenvalue weighted by molar-refractivity contribution is 7.40. The number of hydrogen-bond donors (Lipinski definition) is 1. The zero-order chi connectivity index (χ0) is 10.6. The van der Waals surface area contributed by atoms with Crippen molar-refractivity contribution >= 4 is 20.2 Å². The van der Waals surface area contributed by atoms with Gasteiger partial charge in [0.15, 0.2) is 0 Å². The summed E-state index contributed by atoms with van der Waals surface area (Å²) in [6.45, 7) is 5.97.